The van der Waals surface area contributed by atoms with Gasteiger partial charge in [0.05, 0.1) is 0 Å². The summed E-state index contributed by atoms with van der Waals surface area (Å²) in [5.41, 5.74) is 0.904. The molecule has 0 aromatic carbocycles. The lowest BCUT2D eigenvalue weighted by atomic mass is 10.2. The van der Waals surface area contributed by atoms with Crippen molar-refractivity contribution in [3.8, 4) is 0 Å². The van der Waals surface area contributed by atoms with Crippen LogP contribution in [0, 0.1) is 6.92 Å². The Balaban J connectivity index is 2.24. The molecule has 0 saturated carbocycles. The number of rotatable bonds is 5. The van der Waals surface area contributed by atoms with E-state index in [0.29, 0.717) is 10.9 Å². The second-order valence-electron chi connectivity index (χ2n) is 3.98. The van der Waals surface area contributed by atoms with Crippen molar-refractivity contribution in [2.75, 3.05) is 11.9 Å². The van der Waals surface area contributed by atoms with E-state index >= 15 is 0 Å². The van der Waals surface area contributed by atoms with Gasteiger partial charge in [0.15, 0.2) is 0 Å². The molecule has 2 aromatic heterocycles. The van der Waals surface area contributed by atoms with Gasteiger partial charge < -0.3 is 5.32 Å². The van der Waals surface area contributed by atoms with Crippen molar-refractivity contribution < 1.29 is 0 Å². The summed E-state index contributed by atoms with van der Waals surface area (Å²) in [6.45, 7) is 5.02. The highest BCUT2D eigenvalue weighted by molar-refractivity contribution is 6.30. The Hall–Kier alpha value is -1.36. The number of anilines is 1. The highest BCUT2D eigenvalue weighted by Gasteiger charge is 2.11. The fourth-order valence-corrected chi connectivity index (χ4v) is 1.85. The number of hydrogen-bond donors (Lipinski definition) is 1. The third kappa shape index (κ3) is 2.49. The number of hydrogen-bond acceptors (Lipinski definition) is 4. The molecule has 2 heterocycles. The van der Waals surface area contributed by atoms with Crippen LogP contribution in [0.1, 0.15) is 31.7 Å². The maximum atomic E-state index is 6.06. The zero-order valence-electron chi connectivity index (χ0n) is 10.1. The van der Waals surface area contributed by atoms with E-state index in [4.69, 9.17) is 11.6 Å². The minimum Gasteiger partial charge on any atom is -0.370 e. The quantitative estimate of drug-likeness (QED) is 0.658. The predicted molar refractivity (Wildman–Crippen MR) is 68.5 cm³/mol. The summed E-state index contributed by atoms with van der Waals surface area (Å²) in [4.78, 5) is 8.20. The van der Waals surface area contributed by atoms with Gasteiger partial charge >= 0.3 is 0 Å². The highest BCUT2D eigenvalue weighted by atomic mass is 35.5. The Labute approximate surface area is 105 Å². The maximum Gasteiger partial charge on any atom is 0.255 e. The molecule has 1 N–H and O–H groups in total. The first-order chi connectivity index (χ1) is 8.24. The number of unbranched alkanes of at least 4 members (excludes halogenated alkanes) is 2. The highest BCUT2D eigenvalue weighted by Crippen LogP contribution is 2.21. The van der Waals surface area contributed by atoms with Crippen molar-refractivity contribution in [3.05, 3.63) is 17.0 Å². The molecule has 0 aliphatic heterocycles. The summed E-state index contributed by atoms with van der Waals surface area (Å²) < 4.78 is 1.69. The van der Waals surface area contributed by atoms with E-state index in [2.05, 4.69) is 27.3 Å². The molecule has 6 heteroatoms. The van der Waals surface area contributed by atoms with Crippen molar-refractivity contribution in [1.82, 2.24) is 19.6 Å². The zero-order chi connectivity index (χ0) is 12.3. The Bertz CT molecular complexity index is 508. The largest absolute Gasteiger partial charge is 0.370 e. The molecule has 17 heavy (non-hydrogen) atoms. The van der Waals surface area contributed by atoms with E-state index in [9.17, 15) is 0 Å². The first kappa shape index (κ1) is 12.1. The van der Waals surface area contributed by atoms with Crippen LogP contribution in [0.2, 0.25) is 5.15 Å². The van der Waals surface area contributed by atoms with Gasteiger partial charge in [-0.2, -0.15) is 19.6 Å². The Morgan fingerprint density at radius 3 is 3.00 bits per heavy atom. The summed E-state index contributed by atoms with van der Waals surface area (Å²) in [6, 6.07) is 0. The van der Waals surface area contributed by atoms with Gasteiger partial charge in [-0.3, -0.25) is 0 Å². The molecule has 0 bridgehead atoms. The van der Waals surface area contributed by atoms with Crippen molar-refractivity contribution in [2.24, 2.45) is 0 Å². The van der Waals surface area contributed by atoms with Crippen LogP contribution in [0.3, 0.4) is 0 Å². The van der Waals surface area contributed by atoms with Crippen LogP contribution in [0.5, 0.6) is 0 Å². The standard InChI is InChI=1S/C11H16ClN5/c1-3-4-5-6-13-10-8(2)9(12)16-11-14-7-15-17(10)11/h7,13H,3-6H2,1-2H3. The second-order valence-corrected chi connectivity index (χ2v) is 4.34. The number of aromatic nitrogens is 4. The van der Waals surface area contributed by atoms with Gasteiger partial charge in [0.2, 0.25) is 0 Å². The molecular weight excluding hydrogens is 238 g/mol. The third-order valence-corrected chi connectivity index (χ3v) is 3.05. The van der Waals surface area contributed by atoms with E-state index in [1.54, 1.807) is 4.52 Å². The Morgan fingerprint density at radius 2 is 2.24 bits per heavy atom. The van der Waals surface area contributed by atoms with Gasteiger partial charge in [0.25, 0.3) is 5.78 Å². The van der Waals surface area contributed by atoms with Crippen molar-refractivity contribution in [2.45, 2.75) is 33.1 Å². The third-order valence-electron chi connectivity index (χ3n) is 2.68. The fourth-order valence-electron chi connectivity index (χ4n) is 1.69. The monoisotopic (exact) mass is 253 g/mol. The number of nitrogens with one attached hydrogen (secondary N) is 1. The average Bonchev–Trinajstić information content (AvgIpc) is 2.76. The van der Waals surface area contributed by atoms with E-state index in [1.165, 1.54) is 19.2 Å². The minimum atomic E-state index is 0.475. The van der Waals surface area contributed by atoms with Gasteiger partial charge in [-0.25, -0.2) is 0 Å². The van der Waals surface area contributed by atoms with E-state index < -0.39 is 0 Å². The SMILES string of the molecule is CCCCCNc1c(C)c(Cl)nc2ncnn12. The van der Waals surface area contributed by atoms with Gasteiger partial charge in [-0.05, 0) is 13.3 Å². The van der Waals surface area contributed by atoms with Crippen LogP contribution in [-0.4, -0.2) is 26.1 Å². The lowest BCUT2D eigenvalue weighted by Crippen LogP contribution is -2.10. The molecule has 0 spiro atoms. The molecule has 5 nitrogen and oxygen atoms in total. The Kier molecular flexibility index (Phi) is 3.78. The lowest BCUT2D eigenvalue weighted by Gasteiger charge is -2.11. The van der Waals surface area contributed by atoms with Crippen LogP contribution in [0.25, 0.3) is 5.78 Å². The van der Waals surface area contributed by atoms with Crippen LogP contribution in [0.15, 0.2) is 6.33 Å². The molecule has 0 aliphatic rings. The lowest BCUT2D eigenvalue weighted by molar-refractivity contribution is 0.738. The van der Waals surface area contributed by atoms with E-state index in [-0.39, 0.29) is 0 Å². The van der Waals surface area contributed by atoms with Crippen molar-refractivity contribution in [1.29, 1.82) is 0 Å². The van der Waals surface area contributed by atoms with Crippen LogP contribution in [-0.2, 0) is 0 Å². The summed E-state index contributed by atoms with van der Waals surface area (Å²) in [5.74, 6) is 1.41. The van der Waals surface area contributed by atoms with Gasteiger partial charge in [-0.15, -0.1) is 0 Å². The first-order valence-corrected chi connectivity index (χ1v) is 6.21. The first-order valence-electron chi connectivity index (χ1n) is 5.83. The normalized spacial score (nSPS) is 11.0. The molecule has 0 radical (unpaired) electrons. The van der Waals surface area contributed by atoms with Gasteiger partial charge in [0.1, 0.15) is 17.3 Å². The number of halogens is 1. The molecule has 0 atom stereocenters. The molecule has 0 aliphatic carbocycles. The molecule has 2 aromatic rings. The van der Waals surface area contributed by atoms with Gasteiger partial charge in [-0.1, -0.05) is 31.4 Å². The fraction of sp³-hybridized carbons (Fsp3) is 0.545. The summed E-state index contributed by atoms with van der Waals surface area (Å²) in [7, 11) is 0. The zero-order valence-corrected chi connectivity index (χ0v) is 10.8. The molecule has 0 unspecified atom stereocenters. The summed E-state index contributed by atoms with van der Waals surface area (Å²) >= 11 is 6.06. The molecule has 92 valence electrons. The maximum absolute atomic E-state index is 6.06. The number of fused-ring (bicyclic) bond motifs is 1. The Morgan fingerprint density at radius 1 is 1.41 bits per heavy atom. The van der Waals surface area contributed by atoms with E-state index in [0.717, 1.165) is 24.3 Å². The predicted octanol–water partition coefficient (Wildman–Crippen LogP) is 2.69. The summed E-state index contributed by atoms with van der Waals surface area (Å²) in [5, 5.41) is 7.97. The molecule has 2 rings (SSSR count). The van der Waals surface area contributed by atoms with E-state index in [1.807, 2.05) is 6.92 Å². The smallest absolute Gasteiger partial charge is 0.255 e. The van der Waals surface area contributed by atoms with Crippen molar-refractivity contribution in [3.63, 3.8) is 0 Å². The van der Waals surface area contributed by atoms with Crippen LogP contribution < -0.4 is 5.32 Å². The minimum absolute atomic E-state index is 0.475. The number of nitrogens with zero attached hydrogens (tertiary/aromatic N) is 4. The topological polar surface area (TPSA) is 55.1 Å². The van der Waals surface area contributed by atoms with Crippen LogP contribution >= 0.6 is 11.6 Å². The van der Waals surface area contributed by atoms with Crippen molar-refractivity contribution >= 4 is 23.2 Å². The molecule has 0 fully saturated rings. The second kappa shape index (κ2) is 5.31. The molecule has 0 saturated heterocycles. The molecular formula is C11H16ClN5. The molecule has 0 amide bonds. The van der Waals surface area contributed by atoms with Gasteiger partial charge in [0, 0.05) is 12.1 Å². The summed E-state index contributed by atoms with van der Waals surface area (Å²) in [6.07, 6.45) is 5.03. The van der Waals surface area contributed by atoms with Crippen LogP contribution in [0.4, 0.5) is 5.82 Å². The average molecular weight is 254 g/mol.